The van der Waals surface area contributed by atoms with Crippen LogP contribution in [-0.4, -0.2) is 16.6 Å². The Morgan fingerprint density at radius 3 is 2.68 bits per heavy atom. The predicted molar refractivity (Wildman–Crippen MR) is 81.8 cm³/mol. The fourth-order valence-corrected chi connectivity index (χ4v) is 3.08. The van der Waals surface area contributed by atoms with Gasteiger partial charge >= 0.3 is 0 Å². The van der Waals surface area contributed by atoms with E-state index < -0.39 is 10.8 Å². The molecule has 3 nitrogen and oxygen atoms in total. The molecular weight excluding hydrogens is 326 g/mol. The van der Waals surface area contributed by atoms with Crippen molar-refractivity contribution in [1.82, 2.24) is 0 Å². The van der Waals surface area contributed by atoms with Crippen molar-refractivity contribution < 1.29 is 8.95 Å². The summed E-state index contributed by atoms with van der Waals surface area (Å²) in [6, 6.07) is 14.8. The molecule has 0 aliphatic heterocycles. The number of para-hydroxylation sites is 2. The van der Waals surface area contributed by atoms with E-state index in [9.17, 15) is 4.21 Å². The normalized spacial score (nSPS) is 12.1. The van der Waals surface area contributed by atoms with E-state index in [1.54, 1.807) is 12.1 Å². The van der Waals surface area contributed by atoms with Crippen molar-refractivity contribution in [1.29, 1.82) is 0 Å². The topological polar surface area (TPSA) is 52.3 Å². The minimum atomic E-state index is -1.07. The van der Waals surface area contributed by atoms with E-state index in [0.29, 0.717) is 23.8 Å². The molecule has 2 rings (SSSR count). The van der Waals surface area contributed by atoms with Gasteiger partial charge in [0.15, 0.2) is 0 Å². The molecule has 1 atom stereocenters. The van der Waals surface area contributed by atoms with E-state index in [2.05, 4.69) is 15.9 Å². The number of ether oxygens (including phenoxy) is 1. The number of hydrogen-bond donors (Lipinski definition) is 1. The number of nitrogens with two attached hydrogens (primary N) is 1. The van der Waals surface area contributed by atoms with Crippen LogP contribution in [0.4, 0.5) is 5.69 Å². The van der Waals surface area contributed by atoms with E-state index in [0.717, 1.165) is 9.37 Å². The summed E-state index contributed by atoms with van der Waals surface area (Å²) in [6.07, 6.45) is 0. The molecular formula is C14H14BrNO2S. The summed E-state index contributed by atoms with van der Waals surface area (Å²) in [4.78, 5) is 0.791. The fourth-order valence-electron chi connectivity index (χ4n) is 1.57. The molecule has 0 amide bonds. The van der Waals surface area contributed by atoms with Crippen molar-refractivity contribution in [2.45, 2.75) is 4.90 Å². The first kappa shape index (κ1) is 14.1. The molecule has 100 valence electrons. The summed E-state index contributed by atoms with van der Waals surface area (Å²) >= 11 is 3.36. The maximum Gasteiger partial charge on any atom is 0.142 e. The van der Waals surface area contributed by atoms with Gasteiger partial charge in [-0.1, -0.05) is 34.1 Å². The average Bonchev–Trinajstić information content (AvgIpc) is 2.41. The van der Waals surface area contributed by atoms with Gasteiger partial charge in [-0.3, -0.25) is 4.21 Å². The molecule has 0 saturated heterocycles. The Morgan fingerprint density at radius 1 is 1.16 bits per heavy atom. The molecule has 1 unspecified atom stereocenters. The van der Waals surface area contributed by atoms with Crippen molar-refractivity contribution >= 4 is 32.4 Å². The Morgan fingerprint density at radius 2 is 1.95 bits per heavy atom. The van der Waals surface area contributed by atoms with Crippen LogP contribution in [0.25, 0.3) is 0 Å². The lowest BCUT2D eigenvalue weighted by Gasteiger charge is -2.08. The lowest BCUT2D eigenvalue weighted by Crippen LogP contribution is -2.09. The van der Waals surface area contributed by atoms with Crippen LogP contribution >= 0.6 is 15.9 Å². The van der Waals surface area contributed by atoms with Crippen molar-refractivity contribution in [2.75, 3.05) is 18.1 Å². The largest absolute Gasteiger partial charge is 0.490 e. The van der Waals surface area contributed by atoms with Gasteiger partial charge in [0.1, 0.15) is 12.4 Å². The van der Waals surface area contributed by atoms with Crippen molar-refractivity contribution in [2.24, 2.45) is 0 Å². The number of anilines is 1. The third-order valence-corrected chi connectivity index (χ3v) is 4.31. The van der Waals surface area contributed by atoms with Gasteiger partial charge in [0.25, 0.3) is 0 Å². The van der Waals surface area contributed by atoms with Gasteiger partial charge in [-0.05, 0) is 30.3 Å². The summed E-state index contributed by atoms with van der Waals surface area (Å²) < 4.78 is 18.5. The second-order valence-corrected chi connectivity index (χ2v) is 6.38. The van der Waals surface area contributed by atoms with Crippen LogP contribution in [-0.2, 0) is 10.8 Å². The van der Waals surface area contributed by atoms with Gasteiger partial charge in [-0.2, -0.15) is 0 Å². The summed E-state index contributed by atoms with van der Waals surface area (Å²) in [5.41, 5.74) is 6.35. The number of halogens is 1. The smallest absolute Gasteiger partial charge is 0.142 e. The number of nitrogen functional groups attached to an aromatic ring is 1. The van der Waals surface area contributed by atoms with E-state index >= 15 is 0 Å². The Kier molecular flexibility index (Phi) is 4.99. The second kappa shape index (κ2) is 6.73. The molecule has 0 aliphatic carbocycles. The highest BCUT2D eigenvalue weighted by atomic mass is 79.9. The summed E-state index contributed by atoms with van der Waals surface area (Å²) in [5, 5.41) is 0. The van der Waals surface area contributed by atoms with Crippen LogP contribution in [0.3, 0.4) is 0 Å². The Labute approximate surface area is 123 Å². The molecule has 2 aromatic rings. The summed E-state index contributed by atoms with van der Waals surface area (Å²) in [7, 11) is -1.07. The van der Waals surface area contributed by atoms with Crippen LogP contribution in [0, 0.1) is 0 Å². The highest BCUT2D eigenvalue weighted by Crippen LogP contribution is 2.20. The molecule has 2 N–H and O–H groups in total. The zero-order valence-electron chi connectivity index (χ0n) is 10.2. The molecule has 0 aromatic heterocycles. The lowest BCUT2D eigenvalue weighted by atomic mass is 10.3. The molecule has 0 saturated carbocycles. The number of hydrogen-bond acceptors (Lipinski definition) is 3. The average molecular weight is 340 g/mol. The first-order chi connectivity index (χ1) is 9.16. The van der Waals surface area contributed by atoms with E-state index in [-0.39, 0.29) is 0 Å². The second-order valence-electron chi connectivity index (χ2n) is 3.89. The van der Waals surface area contributed by atoms with Crippen LogP contribution < -0.4 is 10.5 Å². The summed E-state index contributed by atoms with van der Waals surface area (Å²) in [5.74, 6) is 1.07. The molecule has 2 aromatic carbocycles. The maximum absolute atomic E-state index is 12.1. The van der Waals surface area contributed by atoms with Crippen molar-refractivity contribution in [3.05, 3.63) is 53.0 Å². The minimum Gasteiger partial charge on any atom is -0.490 e. The van der Waals surface area contributed by atoms with E-state index in [4.69, 9.17) is 10.5 Å². The van der Waals surface area contributed by atoms with E-state index in [1.165, 1.54) is 0 Å². The van der Waals surface area contributed by atoms with Gasteiger partial charge in [0.05, 0.1) is 22.2 Å². The monoisotopic (exact) mass is 339 g/mol. The maximum atomic E-state index is 12.1. The van der Waals surface area contributed by atoms with Gasteiger partial charge < -0.3 is 10.5 Å². The molecule has 5 heteroatoms. The zero-order valence-corrected chi connectivity index (χ0v) is 12.6. The first-order valence-electron chi connectivity index (χ1n) is 5.78. The Bertz CT molecular complexity index is 589. The first-order valence-corrected chi connectivity index (χ1v) is 7.89. The zero-order chi connectivity index (χ0) is 13.7. The van der Waals surface area contributed by atoms with Crippen molar-refractivity contribution in [3.8, 4) is 5.75 Å². The summed E-state index contributed by atoms with van der Waals surface area (Å²) in [6.45, 7) is 0.368. The standard InChI is InChI=1S/C14H14BrNO2S/c15-11-4-3-5-12(10-11)19(17)9-8-18-14-7-2-1-6-13(14)16/h1-7,10H,8-9,16H2. The third-order valence-electron chi connectivity index (χ3n) is 2.50. The van der Waals surface area contributed by atoms with E-state index in [1.807, 2.05) is 36.4 Å². The third kappa shape index (κ3) is 4.08. The van der Waals surface area contributed by atoms with Gasteiger partial charge in [0.2, 0.25) is 0 Å². The Balaban J connectivity index is 1.90. The minimum absolute atomic E-state index is 0.368. The van der Waals surface area contributed by atoms with Crippen LogP contribution in [0.1, 0.15) is 0 Å². The van der Waals surface area contributed by atoms with Gasteiger partial charge in [0, 0.05) is 9.37 Å². The SMILES string of the molecule is Nc1ccccc1OCCS(=O)c1cccc(Br)c1. The highest BCUT2D eigenvalue weighted by molar-refractivity contribution is 9.10. The molecule has 0 heterocycles. The predicted octanol–water partition coefficient (Wildman–Crippen LogP) is 3.22. The van der Waals surface area contributed by atoms with Crippen LogP contribution in [0.15, 0.2) is 57.9 Å². The van der Waals surface area contributed by atoms with Crippen LogP contribution in [0.5, 0.6) is 5.75 Å². The number of benzene rings is 2. The van der Waals surface area contributed by atoms with Gasteiger partial charge in [-0.25, -0.2) is 0 Å². The lowest BCUT2D eigenvalue weighted by molar-refractivity contribution is 0.344. The van der Waals surface area contributed by atoms with Gasteiger partial charge in [-0.15, -0.1) is 0 Å². The Hall–Kier alpha value is -1.33. The molecule has 0 fully saturated rings. The molecule has 0 spiro atoms. The molecule has 19 heavy (non-hydrogen) atoms. The highest BCUT2D eigenvalue weighted by Gasteiger charge is 2.05. The molecule has 0 bridgehead atoms. The molecule has 0 radical (unpaired) electrons. The van der Waals surface area contributed by atoms with Crippen LogP contribution in [0.2, 0.25) is 0 Å². The van der Waals surface area contributed by atoms with Crippen molar-refractivity contribution in [3.63, 3.8) is 0 Å². The quantitative estimate of drug-likeness (QED) is 0.851. The number of rotatable bonds is 5. The fraction of sp³-hybridized carbons (Fsp3) is 0.143. The molecule has 0 aliphatic rings.